The number of benzene rings is 1. The summed E-state index contributed by atoms with van der Waals surface area (Å²) in [4.78, 5) is 23.3. The SMILES string of the molecule is O=C(CCc1ccccc1Cl)NCCNC(=O)c1ccco1. The summed E-state index contributed by atoms with van der Waals surface area (Å²) >= 11 is 6.03. The fourth-order valence-electron chi connectivity index (χ4n) is 1.91. The highest BCUT2D eigenvalue weighted by Gasteiger charge is 2.08. The van der Waals surface area contributed by atoms with Gasteiger partial charge in [-0.1, -0.05) is 29.8 Å². The molecule has 0 saturated heterocycles. The first-order valence-corrected chi connectivity index (χ1v) is 7.36. The summed E-state index contributed by atoms with van der Waals surface area (Å²) in [5, 5.41) is 6.07. The lowest BCUT2D eigenvalue weighted by Crippen LogP contribution is -2.34. The van der Waals surface area contributed by atoms with Gasteiger partial charge in [0.2, 0.25) is 5.91 Å². The molecule has 0 fully saturated rings. The molecule has 22 heavy (non-hydrogen) atoms. The average molecular weight is 321 g/mol. The number of rotatable bonds is 7. The normalized spacial score (nSPS) is 10.2. The van der Waals surface area contributed by atoms with Gasteiger partial charge in [0.05, 0.1) is 6.26 Å². The van der Waals surface area contributed by atoms with Crippen molar-refractivity contribution in [3.05, 3.63) is 59.0 Å². The second kappa shape index (κ2) is 8.24. The van der Waals surface area contributed by atoms with Gasteiger partial charge in [0, 0.05) is 24.5 Å². The molecule has 6 heteroatoms. The van der Waals surface area contributed by atoms with Crippen LogP contribution < -0.4 is 10.6 Å². The predicted octanol–water partition coefficient (Wildman–Crippen LogP) is 2.41. The van der Waals surface area contributed by atoms with E-state index in [0.29, 0.717) is 31.0 Å². The summed E-state index contributed by atoms with van der Waals surface area (Å²) in [5.74, 6) is -0.118. The predicted molar refractivity (Wildman–Crippen MR) is 83.8 cm³/mol. The molecule has 1 aromatic heterocycles. The van der Waals surface area contributed by atoms with Crippen LogP contribution in [0.2, 0.25) is 5.02 Å². The van der Waals surface area contributed by atoms with Crippen LogP contribution in [0.25, 0.3) is 0 Å². The van der Waals surface area contributed by atoms with E-state index in [1.807, 2.05) is 18.2 Å². The Hall–Kier alpha value is -2.27. The van der Waals surface area contributed by atoms with Crippen LogP contribution in [-0.2, 0) is 11.2 Å². The zero-order chi connectivity index (χ0) is 15.8. The molecule has 1 heterocycles. The van der Waals surface area contributed by atoms with Crippen molar-refractivity contribution in [2.75, 3.05) is 13.1 Å². The summed E-state index contributed by atoms with van der Waals surface area (Å²) in [6, 6.07) is 10.7. The quantitative estimate of drug-likeness (QED) is 0.770. The number of carbonyl (C=O) groups is 2. The lowest BCUT2D eigenvalue weighted by molar-refractivity contribution is -0.121. The van der Waals surface area contributed by atoms with Gasteiger partial charge in [0.15, 0.2) is 5.76 Å². The number of aryl methyl sites for hydroxylation is 1. The number of furan rings is 1. The van der Waals surface area contributed by atoms with Crippen LogP contribution >= 0.6 is 11.6 Å². The van der Waals surface area contributed by atoms with Crippen molar-refractivity contribution in [1.82, 2.24) is 10.6 Å². The Kier molecular flexibility index (Phi) is 6.03. The van der Waals surface area contributed by atoms with Crippen LogP contribution in [0.3, 0.4) is 0 Å². The zero-order valence-electron chi connectivity index (χ0n) is 12.0. The Bertz CT molecular complexity index is 626. The number of halogens is 1. The average Bonchev–Trinajstić information content (AvgIpc) is 3.05. The third-order valence-corrected chi connectivity index (χ3v) is 3.43. The maximum atomic E-state index is 11.7. The van der Waals surface area contributed by atoms with E-state index >= 15 is 0 Å². The molecule has 2 aromatic rings. The molecular formula is C16H17ClN2O3. The number of nitrogens with one attached hydrogen (secondary N) is 2. The molecule has 2 rings (SSSR count). The minimum atomic E-state index is -0.296. The molecule has 0 aliphatic heterocycles. The van der Waals surface area contributed by atoms with Crippen LogP contribution in [0, 0.1) is 0 Å². The van der Waals surface area contributed by atoms with Crippen LogP contribution in [0.5, 0.6) is 0 Å². The van der Waals surface area contributed by atoms with Gasteiger partial charge in [-0.05, 0) is 30.2 Å². The summed E-state index contributed by atoms with van der Waals surface area (Å²) < 4.78 is 4.96. The molecule has 0 saturated carbocycles. The molecule has 0 unspecified atom stereocenters. The molecule has 0 atom stereocenters. The molecular weight excluding hydrogens is 304 g/mol. The Morgan fingerprint density at radius 3 is 2.55 bits per heavy atom. The highest BCUT2D eigenvalue weighted by molar-refractivity contribution is 6.31. The van der Waals surface area contributed by atoms with E-state index in [4.69, 9.17) is 16.0 Å². The first-order valence-electron chi connectivity index (χ1n) is 6.98. The van der Waals surface area contributed by atoms with E-state index in [9.17, 15) is 9.59 Å². The Balaban J connectivity index is 1.62. The van der Waals surface area contributed by atoms with Crippen molar-refractivity contribution < 1.29 is 14.0 Å². The molecule has 0 bridgehead atoms. The van der Waals surface area contributed by atoms with Gasteiger partial charge >= 0.3 is 0 Å². The van der Waals surface area contributed by atoms with Crippen LogP contribution in [0.4, 0.5) is 0 Å². The van der Waals surface area contributed by atoms with Crippen molar-refractivity contribution in [2.45, 2.75) is 12.8 Å². The maximum Gasteiger partial charge on any atom is 0.287 e. The standard InChI is InChI=1S/C16H17ClN2O3/c17-13-5-2-1-4-12(13)7-8-15(20)18-9-10-19-16(21)14-6-3-11-22-14/h1-6,11H,7-10H2,(H,18,20)(H,19,21). The van der Waals surface area contributed by atoms with Gasteiger partial charge in [-0.25, -0.2) is 0 Å². The van der Waals surface area contributed by atoms with Crippen LogP contribution in [0.15, 0.2) is 47.1 Å². The molecule has 2 N–H and O–H groups in total. The minimum absolute atomic E-state index is 0.0767. The summed E-state index contributed by atoms with van der Waals surface area (Å²) in [6.45, 7) is 0.713. The molecule has 0 aliphatic rings. The number of amides is 2. The lowest BCUT2D eigenvalue weighted by Gasteiger charge is -2.07. The molecule has 1 aromatic carbocycles. The third kappa shape index (κ3) is 4.93. The topological polar surface area (TPSA) is 71.3 Å². The second-order valence-corrected chi connectivity index (χ2v) is 5.08. The number of carbonyl (C=O) groups excluding carboxylic acids is 2. The third-order valence-electron chi connectivity index (χ3n) is 3.06. The zero-order valence-corrected chi connectivity index (χ0v) is 12.7. The largest absolute Gasteiger partial charge is 0.459 e. The number of hydrogen-bond donors (Lipinski definition) is 2. The summed E-state index contributed by atoms with van der Waals surface area (Å²) in [7, 11) is 0. The van der Waals surface area contributed by atoms with E-state index in [-0.39, 0.29) is 17.6 Å². The Morgan fingerprint density at radius 1 is 1.05 bits per heavy atom. The van der Waals surface area contributed by atoms with Gasteiger partial charge in [0.25, 0.3) is 5.91 Å². The van der Waals surface area contributed by atoms with Gasteiger partial charge in [-0.2, -0.15) is 0 Å². The minimum Gasteiger partial charge on any atom is -0.459 e. The van der Waals surface area contributed by atoms with E-state index in [1.54, 1.807) is 18.2 Å². The van der Waals surface area contributed by atoms with Crippen molar-refractivity contribution in [1.29, 1.82) is 0 Å². The van der Waals surface area contributed by atoms with E-state index in [2.05, 4.69) is 10.6 Å². The summed E-state index contributed by atoms with van der Waals surface area (Å²) in [6.07, 6.45) is 2.38. The van der Waals surface area contributed by atoms with E-state index in [1.165, 1.54) is 6.26 Å². The van der Waals surface area contributed by atoms with Crippen molar-refractivity contribution in [3.8, 4) is 0 Å². The van der Waals surface area contributed by atoms with Crippen molar-refractivity contribution in [3.63, 3.8) is 0 Å². The first kappa shape index (κ1) is 16.1. The smallest absolute Gasteiger partial charge is 0.287 e. The summed E-state index contributed by atoms with van der Waals surface area (Å²) in [5.41, 5.74) is 0.949. The first-order chi connectivity index (χ1) is 10.7. The van der Waals surface area contributed by atoms with Crippen molar-refractivity contribution in [2.24, 2.45) is 0 Å². The van der Waals surface area contributed by atoms with E-state index in [0.717, 1.165) is 5.56 Å². The molecule has 2 amide bonds. The Morgan fingerprint density at radius 2 is 1.82 bits per heavy atom. The maximum absolute atomic E-state index is 11.7. The molecule has 116 valence electrons. The van der Waals surface area contributed by atoms with Gasteiger partial charge in [-0.15, -0.1) is 0 Å². The lowest BCUT2D eigenvalue weighted by atomic mass is 10.1. The van der Waals surface area contributed by atoms with Gasteiger partial charge < -0.3 is 15.1 Å². The molecule has 0 spiro atoms. The molecule has 0 radical (unpaired) electrons. The van der Waals surface area contributed by atoms with Gasteiger partial charge in [0.1, 0.15) is 0 Å². The highest BCUT2D eigenvalue weighted by atomic mass is 35.5. The van der Waals surface area contributed by atoms with Crippen molar-refractivity contribution >= 4 is 23.4 Å². The van der Waals surface area contributed by atoms with Crippen LogP contribution in [0.1, 0.15) is 22.5 Å². The number of hydrogen-bond acceptors (Lipinski definition) is 3. The fraction of sp³-hybridized carbons (Fsp3) is 0.250. The Labute approximate surface area is 133 Å². The van der Waals surface area contributed by atoms with Crippen LogP contribution in [-0.4, -0.2) is 24.9 Å². The fourth-order valence-corrected chi connectivity index (χ4v) is 2.14. The highest BCUT2D eigenvalue weighted by Crippen LogP contribution is 2.16. The molecule has 0 aliphatic carbocycles. The second-order valence-electron chi connectivity index (χ2n) is 4.67. The monoisotopic (exact) mass is 320 g/mol. The van der Waals surface area contributed by atoms with E-state index < -0.39 is 0 Å². The van der Waals surface area contributed by atoms with Gasteiger partial charge in [-0.3, -0.25) is 9.59 Å². The molecule has 5 nitrogen and oxygen atoms in total.